The van der Waals surface area contributed by atoms with Crippen LogP contribution < -0.4 is 9.62 Å². The molecule has 0 radical (unpaired) electrons. The minimum atomic E-state index is -3.89. The molecule has 0 heterocycles. The van der Waals surface area contributed by atoms with E-state index in [1.54, 1.807) is 6.92 Å². The van der Waals surface area contributed by atoms with E-state index >= 15 is 0 Å². The quantitative estimate of drug-likeness (QED) is 0.556. The average Bonchev–Trinajstić information content (AvgIpc) is 2.64. The predicted octanol–water partition coefficient (Wildman–Crippen LogP) is 3.12. The molecule has 2 aromatic carbocycles. The van der Waals surface area contributed by atoms with Crippen LogP contribution in [-0.4, -0.2) is 42.3 Å². The summed E-state index contributed by atoms with van der Waals surface area (Å²) >= 11 is 0. The molecular weight excluding hydrogens is 362 g/mol. The zero-order chi connectivity index (χ0) is 20.0. The van der Waals surface area contributed by atoms with Gasteiger partial charge in [-0.15, -0.1) is 0 Å². The minimum absolute atomic E-state index is 0.125. The fraction of sp³-hybridized carbons (Fsp3) is 0.350. The zero-order valence-electron chi connectivity index (χ0n) is 16.1. The topological polar surface area (TPSA) is 82.4 Å². The normalized spacial score (nSPS) is 12.6. The highest BCUT2D eigenvalue weighted by Gasteiger charge is 2.20. The van der Waals surface area contributed by atoms with E-state index in [-0.39, 0.29) is 18.1 Å². The van der Waals surface area contributed by atoms with Gasteiger partial charge in [-0.2, -0.15) is 5.26 Å². The summed E-state index contributed by atoms with van der Waals surface area (Å²) in [6.45, 7) is 4.38. The van der Waals surface area contributed by atoms with Gasteiger partial charge >= 0.3 is 0 Å². The Morgan fingerprint density at radius 3 is 2.48 bits per heavy atom. The van der Waals surface area contributed by atoms with Crippen LogP contribution in [0.3, 0.4) is 0 Å². The van der Waals surface area contributed by atoms with Crippen molar-refractivity contribution in [3.05, 3.63) is 46.9 Å². The number of fused-ring (bicyclic) bond motifs is 1. The van der Waals surface area contributed by atoms with Gasteiger partial charge in [0.25, 0.3) is 10.0 Å². The lowest BCUT2D eigenvalue weighted by Crippen LogP contribution is -2.28. The molecule has 0 atom stereocenters. The molecule has 0 aliphatic heterocycles. The molecule has 0 aromatic heterocycles. The maximum Gasteiger partial charge on any atom is 0.251 e. The van der Waals surface area contributed by atoms with E-state index in [0.717, 1.165) is 16.5 Å². The molecule has 7 heteroatoms. The first kappa shape index (κ1) is 20.9. The van der Waals surface area contributed by atoms with Crippen molar-refractivity contribution >= 4 is 32.1 Å². The Bertz CT molecular complexity index is 989. The zero-order valence-corrected chi connectivity index (χ0v) is 16.9. The van der Waals surface area contributed by atoms with E-state index in [9.17, 15) is 13.7 Å². The number of benzene rings is 2. The number of nitrogens with one attached hydrogen (secondary N) is 1. The molecule has 0 fully saturated rings. The van der Waals surface area contributed by atoms with Crippen LogP contribution in [0.2, 0.25) is 0 Å². The van der Waals surface area contributed by atoms with Crippen LogP contribution in [0.5, 0.6) is 0 Å². The smallest absolute Gasteiger partial charge is 0.251 e. The Morgan fingerprint density at radius 2 is 1.85 bits per heavy atom. The second-order valence-corrected chi connectivity index (χ2v) is 8.01. The molecule has 144 valence electrons. The van der Waals surface area contributed by atoms with Gasteiger partial charge in [0.1, 0.15) is 6.07 Å². The highest BCUT2D eigenvalue weighted by atomic mass is 32.2. The van der Waals surface area contributed by atoms with E-state index in [1.807, 2.05) is 62.3 Å². The summed E-state index contributed by atoms with van der Waals surface area (Å²) in [5.41, 5.74) is 2.20. The van der Waals surface area contributed by atoms with Crippen molar-refractivity contribution in [2.75, 3.05) is 38.8 Å². The van der Waals surface area contributed by atoms with Gasteiger partial charge in [-0.25, -0.2) is 13.1 Å². The number of ether oxygens (including phenoxy) is 1. The lowest BCUT2D eigenvalue weighted by atomic mass is 10.0. The van der Waals surface area contributed by atoms with Crippen LogP contribution in [0, 0.1) is 11.3 Å². The monoisotopic (exact) mass is 387 g/mol. The third-order valence-electron chi connectivity index (χ3n) is 4.23. The summed E-state index contributed by atoms with van der Waals surface area (Å²) < 4.78 is 32.5. The van der Waals surface area contributed by atoms with Crippen LogP contribution in [0.25, 0.3) is 16.3 Å². The van der Waals surface area contributed by atoms with Crippen molar-refractivity contribution in [1.29, 1.82) is 5.26 Å². The Hall–Kier alpha value is -2.40. The van der Waals surface area contributed by atoms with Gasteiger partial charge in [0.15, 0.2) is 4.91 Å². The lowest BCUT2D eigenvalue weighted by molar-refractivity contribution is 0.153. The Morgan fingerprint density at radius 1 is 1.19 bits per heavy atom. The molecule has 0 saturated carbocycles. The summed E-state index contributed by atoms with van der Waals surface area (Å²) in [6.07, 6.45) is 0. The van der Waals surface area contributed by atoms with Gasteiger partial charge in [-0.3, -0.25) is 0 Å². The van der Waals surface area contributed by atoms with Crippen molar-refractivity contribution < 1.29 is 13.2 Å². The molecule has 0 spiro atoms. The summed E-state index contributed by atoms with van der Waals surface area (Å²) in [4.78, 5) is 1.75. The summed E-state index contributed by atoms with van der Waals surface area (Å²) in [5.74, 6) is 0. The maximum atomic E-state index is 12.5. The van der Waals surface area contributed by atoms with E-state index in [0.29, 0.717) is 17.7 Å². The van der Waals surface area contributed by atoms with Gasteiger partial charge in [0, 0.05) is 32.9 Å². The number of anilines is 1. The van der Waals surface area contributed by atoms with E-state index in [4.69, 9.17) is 4.74 Å². The van der Waals surface area contributed by atoms with Crippen molar-refractivity contribution in [3.63, 3.8) is 0 Å². The number of sulfonamides is 1. The Labute approximate surface area is 161 Å². The molecule has 1 N–H and O–H groups in total. The molecule has 6 nitrogen and oxygen atoms in total. The molecule has 0 aliphatic rings. The van der Waals surface area contributed by atoms with E-state index in [2.05, 4.69) is 10.8 Å². The number of rotatable bonds is 8. The van der Waals surface area contributed by atoms with Gasteiger partial charge in [-0.1, -0.05) is 18.2 Å². The first-order valence-corrected chi connectivity index (χ1v) is 10.2. The lowest BCUT2D eigenvalue weighted by Gasteiger charge is -2.14. The number of allylic oxidation sites excluding steroid dienone is 2. The summed E-state index contributed by atoms with van der Waals surface area (Å²) in [6, 6.07) is 13.6. The molecule has 0 aliphatic carbocycles. The van der Waals surface area contributed by atoms with E-state index < -0.39 is 10.0 Å². The molecular formula is C20H25N3O3S. The van der Waals surface area contributed by atoms with Gasteiger partial charge in [0.2, 0.25) is 0 Å². The summed E-state index contributed by atoms with van der Waals surface area (Å²) in [5, 5.41) is 11.5. The number of nitriles is 1. The second-order valence-electron chi connectivity index (χ2n) is 6.30. The number of hydrogen-bond donors (Lipinski definition) is 1. The van der Waals surface area contributed by atoms with Crippen molar-refractivity contribution in [2.45, 2.75) is 13.8 Å². The first-order chi connectivity index (χ1) is 12.8. The molecule has 2 rings (SSSR count). The summed E-state index contributed by atoms with van der Waals surface area (Å²) in [7, 11) is 0.0648. The number of hydrogen-bond acceptors (Lipinski definition) is 5. The van der Waals surface area contributed by atoms with Crippen molar-refractivity contribution in [3.8, 4) is 6.07 Å². The SMILES string of the molecule is CCOCCNS(=O)(=O)/C(C#N)=C(\C)c1ccc2cc(N(C)C)ccc2c1. The third-order valence-corrected chi connectivity index (χ3v) is 5.75. The largest absolute Gasteiger partial charge is 0.380 e. The molecule has 0 saturated heterocycles. The van der Waals surface area contributed by atoms with Crippen LogP contribution in [0.4, 0.5) is 5.69 Å². The Balaban J connectivity index is 2.38. The predicted molar refractivity (Wildman–Crippen MR) is 110 cm³/mol. The van der Waals surface area contributed by atoms with Crippen molar-refractivity contribution in [2.24, 2.45) is 0 Å². The maximum absolute atomic E-state index is 12.5. The van der Waals surface area contributed by atoms with Crippen LogP contribution >= 0.6 is 0 Å². The van der Waals surface area contributed by atoms with Gasteiger partial charge < -0.3 is 9.64 Å². The standard InChI is InChI=1S/C20H25N3O3S/c1-5-26-11-10-22-27(24,25)20(14-21)15(2)16-6-7-18-13-19(23(3)4)9-8-17(18)12-16/h6-9,12-13,22H,5,10-11H2,1-4H3/b20-15+. The molecule has 0 bridgehead atoms. The average molecular weight is 388 g/mol. The van der Waals surface area contributed by atoms with Gasteiger partial charge in [-0.05, 0) is 54.0 Å². The molecule has 2 aromatic rings. The van der Waals surface area contributed by atoms with E-state index in [1.165, 1.54) is 0 Å². The van der Waals surface area contributed by atoms with Crippen LogP contribution in [-0.2, 0) is 14.8 Å². The molecule has 27 heavy (non-hydrogen) atoms. The molecule has 0 amide bonds. The van der Waals surface area contributed by atoms with Crippen LogP contribution in [0.1, 0.15) is 19.4 Å². The Kier molecular flexibility index (Phi) is 6.97. The third kappa shape index (κ3) is 5.07. The number of nitrogens with zero attached hydrogens (tertiary/aromatic N) is 2. The highest BCUT2D eigenvalue weighted by Crippen LogP contribution is 2.27. The molecule has 0 unspecified atom stereocenters. The highest BCUT2D eigenvalue weighted by molar-refractivity contribution is 7.93. The first-order valence-electron chi connectivity index (χ1n) is 8.70. The second kappa shape index (κ2) is 9.00. The van der Waals surface area contributed by atoms with Crippen molar-refractivity contribution in [1.82, 2.24) is 4.72 Å². The fourth-order valence-electron chi connectivity index (χ4n) is 2.69. The van der Waals surface area contributed by atoms with Gasteiger partial charge in [0.05, 0.1) is 6.61 Å². The fourth-order valence-corrected chi connectivity index (χ4v) is 3.82. The van der Waals surface area contributed by atoms with Crippen LogP contribution in [0.15, 0.2) is 41.3 Å². The minimum Gasteiger partial charge on any atom is -0.380 e.